The van der Waals surface area contributed by atoms with E-state index in [9.17, 15) is 4.79 Å². The summed E-state index contributed by atoms with van der Waals surface area (Å²) in [6, 6.07) is 19.3. The Labute approximate surface area is 164 Å². The normalized spacial score (nSPS) is 16.5. The second-order valence-corrected chi connectivity index (χ2v) is 7.04. The van der Waals surface area contributed by atoms with Crippen LogP contribution >= 0.6 is 0 Å². The van der Waals surface area contributed by atoms with Gasteiger partial charge >= 0.3 is 0 Å². The van der Waals surface area contributed by atoms with Crippen molar-refractivity contribution < 1.29 is 9.21 Å². The van der Waals surface area contributed by atoms with E-state index in [0.29, 0.717) is 18.3 Å². The molecule has 2 heterocycles. The number of hydrogen-bond donors (Lipinski definition) is 0. The number of amides is 1. The number of hydrogen-bond acceptors (Lipinski definition) is 5. The van der Waals surface area contributed by atoms with Crippen LogP contribution in [0.3, 0.4) is 0 Å². The minimum atomic E-state index is 0.0109. The monoisotopic (exact) mass is 376 g/mol. The smallest absolute Gasteiger partial charge is 0.253 e. The Bertz CT molecular complexity index is 911. The van der Waals surface area contributed by atoms with E-state index < -0.39 is 0 Å². The average Bonchev–Trinajstić information content (AvgIpc) is 3.12. The fourth-order valence-electron chi connectivity index (χ4n) is 3.55. The third kappa shape index (κ3) is 3.97. The molecular formula is C22H24N4O2. The van der Waals surface area contributed by atoms with Crippen LogP contribution in [0.2, 0.25) is 0 Å². The standard InChI is InChI=1S/C22H24N4O2/c1-17(20-23-24-21(28-20)18-9-4-2-5-10-18)25-13-8-14-26(16-15-25)22(27)19-11-6-3-7-12-19/h2-7,9-12,17H,8,13-16H2,1H3. The Hall–Kier alpha value is -2.99. The van der Waals surface area contributed by atoms with E-state index in [1.165, 1.54) is 0 Å². The molecule has 0 saturated carbocycles. The molecule has 4 rings (SSSR count). The first kappa shape index (κ1) is 18.4. The Morgan fingerprint density at radius 3 is 2.39 bits per heavy atom. The van der Waals surface area contributed by atoms with Gasteiger partial charge in [0.05, 0.1) is 6.04 Å². The zero-order valence-corrected chi connectivity index (χ0v) is 16.0. The van der Waals surface area contributed by atoms with Gasteiger partial charge in [0.1, 0.15) is 0 Å². The molecule has 1 unspecified atom stereocenters. The van der Waals surface area contributed by atoms with Crippen molar-refractivity contribution in [1.29, 1.82) is 0 Å². The van der Waals surface area contributed by atoms with E-state index in [4.69, 9.17) is 4.42 Å². The highest BCUT2D eigenvalue weighted by Gasteiger charge is 2.26. The van der Waals surface area contributed by atoms with Gasteiger partial charge in [-0.2, -0.15) is 0 Å². The van der Waals surface area contributed by atoms with Crippen molar-refractivity contribution in [3.05, 3.63) is 72.1 Å². The Morgan fingerprint density at radius 2 is 1.64 bits per heavy atom. The summed E-state index contributed by atoms with van der Waals surface area (Å²) in [5.41, 5.74) is 1.66. The summed E-state index contributed by atoms with van der Waals surface area (Å²) in [7, 11) is 0. The Morgan fingerprint density at radius 1 is 0.929 bits per heavy atom. The van der Waals surface area contributed by atoms with Gasteiger partial charge in [-0.05, 0) is 37.6 Å². The minimum Gasteiger partial charge on any atom is -0.419 e. The van der Waals surface area contributed by atoms with E-state index in [0.717, 1.165) is 37.2 Å². The van der Waals surface area contributed by atoms with Crippen LogP contribution in [0.1, 0.15) is 35.6 Å². The molecule has 0 spiro atoms. The van der Waals surface area contributed by atoms with Crippen LogP contribution in [-0.4, -0.2) is 52.1 Å². The molecule has 0 aliphatic carbocycles. The van der Waals surface area contributed by atoms with Crippen LogP contribution in [0.15, 0.2) is 65.1 Å². The van der Waals surface area contributed by atoms with Crippen LogP contribution < -0.4 is 0 Å². The number of carbonyl (C=O) groups is 1. The fourth-order valence-corrected chi connectivity index (χ4v) is 3.55. The van der Waals surface area contributed by atoms with Crippen molar-refractivity contribution in [1.82, 2.24) is 20.0 Å². The largest absolute Gasteiger partial charge is 0.419 e. The molecule has 144 valence electrons. The molecule has 1 atom stereocenters. The van der Waals surface area contributed by atoms with Gasteiger partial charge < -0.3 is 9.32 Å². The predicted molar refractivity (Wildman–Crippen MR) is 107 cm³/mol. The van der Waals surface area contributed by atoms with Gasteiger partial charge in [-0.25, -0.2) is 0 Å². The Kier molecular flexibility index (Phi) is 5.48. The van der Waals surface area contributed by atoms with Gasteiger partial charge in [-0.1, -0.05) is 36.4 Å². The number of aromatic nitrogens is 2. The molecule has 1 saturated heterocycles. The molecule has 1 aliphatic rings. The molecular weight excluding hydrogens is 352 g/mol. The van der Waals surface area contributed by atoms with Crippen molar-refractivity contribution in [2.75, 3.05) is 26.2 Å². The van der Waals surface area contributed by atoms with Gasteiger partial charge in [0, 0.05) is 37.3 Å². The lowest BCUT2D eigenvalue weighted by Crippen LogP contribution is -2.36. The highest BCUT2D eigenvalue weighted by atomic mass is 16.4. The van der Waals surface area contributed by atoms with Crippen molar-refractivity contribution in [3.63, 3.8) is 0 Å². The lowest BCUT2D eigenvalue weighted by Gasteiger charge is -2.25. The van der Waals surface area contributed by atoms with Gasteiger partial charge in [0.15, 0.2) is 0 Å². The summed E-state index contributed by atoms with van der Waals surface area (Å²) in [5, 5.41) is 8.46. The topological polar surface area (TPSA) is 62.5 Å². The van der Waals surface area contributed by atoms with Gasteiger partial charge in [-0.15, -0.1) is 10.2 Å². The van der Waals surface area contributed by atoms with E-state index in [1.807, 2.05) is 65.6 Å². The van der Waals surface area contributed by atoms with Gasteiger partial charge in [0.2, 0.25) is 11.8 Å². The molecule has 1 fully saturated rings. The van der Waals surface area contributed by atoms with E-state index in [1.54, 1.807) is 0 Å². The molecule has 6 heteroatoms. The summed E-state index contributed by atoms with van der Waals surface area (Å²) in [6.07, 6.45) is 0.919. The zero-order chi connectivity index (χ0) is 19.3. The first-order valence-corrected chi connectivity index (χ1v) is 9.69. The summed E-state index contributed by atoms with van der Waals surface area (Å²) in [5.74, 6) is 1.25. The summed E-state index contributed by atoms with van der Waals surface area (Å²) >= 11 is 0. The summed E-state index contributed by atoms with van der Waals surface area (Å²) in [4.78, 5) is 17.0. The molecule has 6 nitrogen and oxygen atoms in total. The van der Waals surface area contributed by atoms with Crippen molar-refractivity contribution >= 4 is 5.91 Å². The Balaban J connectivity index is 1.42. The third-order valence-electron chi connectivity index (χ3n) is 5.20. The molecule has 2 aromatic carbocycles. The fraction of sp³-hybridized carbons (Fsp3) is 0.318. The van der Waals surface area contributed by atoms with Gasteiger partial charge in [0.25, 0.3) is 5.91 Å². The van der Waals surface area contributed by atoms with Crippen LogP contribution in [0.25, 0.3) is 11.5 Å². The highest BCUT2D eigenvalue weighted by Crippen LogP contribution is 2.25. The van der Waals surface area contributed by atoms with Crippen LogP contribution in [0.4, 0.5) is 0 Å². The maximum atomic E-state index is 12.7. The molecule has 0 bridgehead atoms. The maximum absolute atomic E-state index is 12.7. The maximum Gasteiger partial charge on any atom is 0.253 e. The van der Waals surface area contributed by atoms with Crippen molar-refractivity contribution in [3.8, 4) is 11.5 Å². The summed E-state index contributed by atoms with van der Waals surface area (Å²) < 4.78 is 5.92. The minimum absolute atomic E-state index is 0.0109. The van der Waals surface area contributed by atoms with Crippen LogP contribution in [0, 0.1) is 0 Å². The molecule has 3 aromatic rings. The second kappa shape index (κ2) is 8.35. The van der Waals surface area contributed by atoms with Crippen molar-refractivity contribution in [2.45, 2.75) is 19.4 Å². The third-order valence-corrected chi connectivity index (χ3v) is 5.20. The van der Waals surface area contributed by atoms with Gasteiger partial charge in [-0.3, -0.25) is 9.69 Å². The van der Waals surface area contributed by atoms with E-state index >= 15 is 0 Å². The second-order valence-electron chi connectivity index (χ2n) is 7.04. The van der Waals surface area contributed by atoms with E-state index in [2.05, 4.69) is 22.0 Å². The molecule has 1 aromatic heterocycles. The molecule has 28 heavy (non-hydrogen) atoms. The average molecular weight is 376 g/mol. The number of carbonyl (C=O) groups excluding carboxylic acids is 1. The number of benzene rings is 2. The molecule has 1 amide bonds. The molecule has 0 radical (unpaired) electrons. The first-order valence-electron chi connectivity index (χ1n) is 9.69. The zero-order valence-electron chi connectivity index (χ0n) is 16.0. The molecule has 1 aliphatic heterocycles. The van der Waals surface area contributed by atoms with E-state index in [-0.39, 0.29) is 11.9 Å². The van der Waals surface area contributed by atoms with Crippen molar-refractivity contribution in [2.24, 2.45) is 0 Å². The summed E-state index contributed by atoms with van der Waals surface area (Å²) in [6.45, 7) is 5.20. The number of rotatable bonds is 4. The highest BCUT2D eigenvalue weighted by molar-refractivity contribution is 5.94. The van der Waals surface area contributed by atoms with Crippen LogP contribution in [-0.2, 0) is 0 Å². The SMILES string of the molecule is CC(c1nnc(-c2ccccc2)o1)N1CCCN(C(=O)c2ccccc2)CC1. The lowest BCUT2D eigenvalue weighted by molar-refractivity contribution is 0.0757. The quantitative estimate of drug-likeness (QED) is 0.696. The number of nitrogens with zero attached hydrogens (tertiary/aromatic N) is 4. The first-order chi connectivity index (χ1) is 13.7. The predicted octanol–water partition coefficient (Wildman–Crippen LogP) is 3.65. The lowest BCUT2D eigenvalue weighted by atomic mass is 10.2. The molecule has 0 N–H and O–H groups in total. The van der Waals surface area contributed by atoms with Crippen LogP contribution in [0.5, 0.6) is 0 Å².